The third-order valence-electron chi connectivity index (χ3n) is 3.59. The molecule has 0 fully saturated rings. The standard InChI is InChI=1S/C17H10N2O3/c20-16-13-7-1-4-11-5-2-8-14(15(11)13)17(21)19(16)18-10-12-6-3-9-22-12/h1-10H/b18-10+. The first kappa shape index (κ1) is 12.5. The highest BCUT2D eigenvalue weighted by Crippen LogP contribution is 2.29. The summed E-state index contributed by atoms with van der Waals surface area (Å²) in [6.45, 7) is 0. The van der Waals surface area contributed by atoms with Crippen LogP contribution in [0.4, 0.5) is 0 Å². The van der Waals surface area contributed by atoms with Gasteiger partial charge in [0.15, 0.2) is 0 Å². The SMILES string of the molecule is O=C1c2cccc3cccc(c23)C(=O)N1/N=C/c1ccco1. The van der Waals surface area contributed by atoms with Crippen LogP contribution in [0, 0.1) is 0 Å². The molecule has 0 N–H and O–H groups in total. The fourth-order valence-corrected chi connectivity index (χ4v) is 2.60. The lowest BCUT2D eigenvalue weighted by Gasteiger charge is -2.22. The van der Waals surface area contributed by atoms with Gasteiger partial charge in [-0.25, -0.2) is 0 Å². The summed E-state index contributed by atoms with van der Waals surface area (Å²) in [4.78, 5) is 25.1. The third-order valence-corrected chi connectivity index (χ3v) is 3.59. The summed E-state index contributed by atoms with van der Waals surface area (Å²) >= 11 is 0. The van der Waals surface area contributed by atoms with Gasteiger partial charge in [-0.1, -0.05) is 24.3 Å². The molecule has 2 amide bonds. The van der Waals surface area contributed by atoms with E-state index in [0.717, 1.165) is 10.4 Å². The maximum absolute atomic E-state index is 12.5. The van der Waals surface area contributed by atoms with Crippen LogP contribution < -0.4 is 0 Å². The van der Waals surface area contributed by atoms with Gasteiger partial charge >= 0.3 is 0 Å². The van der Waals surface area contributed by atoms with E-state index in [4.69, 9.17) is 4.42 Å². The number of carbonyl (C=O) groups excluding carboxylic acids is 2. The summed E-state index contributed by atoms with van der Waals surface area (Å²) < 4.78 is 5.12. The Morgan fingerprint density at radius 2 is 1.59 bits per heavy atom. The van der Waals surface area contributed by atoms with Crippen molar-refractivity contribution in [1.82, 2.24) is 5.01 Å². The smallest absolute Gasteiger partial charge is 0.282 e. The molecule has 0 saturated heterocycles. The number of benzene rings is 2. The number of rotatable bonds is 2. The Labute approximate surface area is 125 Å². The predicted molar refractivity (Wildman–Crippen MR) is 80.8 cm³/mol. The van der Waals surface area contributed by atoms with Gasteiger partial charge in [0.1, 0.15) is 5.76 Å². The van der Waals surface area contributed by atoms with Gasteiger partial charge in [-0.05, 0) is 29.7 Å². The van der Waals surface area contributed by atoms with Crippen LogP contribution >= 0.6 is 0 Å². The summed E-state index contributed by atoms with van der Waals surface area (Å²) in [5, 5.41) is 6.42. The number of furan rings is 1. The molecular weight excluding hydrogens is 280 g/mol. The first-order valence-corrected chi connectivity index (χ1v) is 6.74. The zero-order chi connectivity index (χ0) is 15.1. The second kappa shape index (κ2) is 4.66. The quantitative estimate of drug-likeness (QED) is 0.538. The fourth-order valence-electron chi connectivity index (χ4n) is 2.60. The molecule has 1 aromatic heterocycles. The molecule has 2 heterocycles. The van der Waals surface area contributed by atoms with Gasteiger partial charge in [-0.3, -0.25) is 9.59 Å². The van der Waals surface area contributed by atoms with E-state index in [2.05, 4.69) is 5.10 Å². The van der Waals surface area contributed by atoms with E-state index in [1.54, 1.807) is 36.4 Å². The lowest BCUT2D eigenvalue weighted by Crippen LogP contribution is -2.36. The Morgan fingerprint density at radius 1 is 0.909 bits per heavy atom. The van der Waals surface area contributed by atoms with Gasteiger partial charge in [-0.2, -0.15) is 10.1 Å². The molecule has 22 heavy (non-hydrogen) atoms. The van der Waals surface area contributed by atoms with Crippen molar-refractivity contribution in [3.8, 4) is 0 Å². The molecule has 5 heteroatoms. The first-order valence-electron chi connectivity index (χ1n) is 6.74. The van der Waals surface area contributed by atoms with E-state index in [9.17, 15) is 9.59 Å². The topological polar surface area (TPSA) is 62.9 Å². The van der Waals surface area contributed by atoms with Crippen LogP contribution in [-0.2, 0) is 0 Å². The zero-order valence-electron chi connectivity index (χ0n) is 11.4. The van der Waals surface area contributed by atoms with Gasteiger partial charge in [0.25, 0.3) is 11.8 Å². The molecule has 1 aliphatic heterocycles. The highest BCUT2D eigenvalue weighted by atomic mass is 16.3. The summed E-state index contributed by atoms with van der Waals surface area (Å²) in [5.41, 5.74) is 0.952. The highest BCUT2D eigenvalue weighted by Gasteiger charge is 2.32. The van der Waals surface area contributed by atoms with Gasteiger partial charge in [0, 0.05) is 5.39 Å². The molecule has 0 radical (unpaired) electrons. The van der Waals surface area contributed by atoms with Crippen LogP contribution in [0.5, 0.6) is 0 Å². The summed E-state index contributed by atoms with van der Waals surface area (Å²) in [5.74, 6) is -0.396. The normalized spacial score (nSPS) is 14.3. The van der Waals surface area contributed by atoms with Gasteiger partial charge in [0.2, 0.25) is 0 Å². The summed E-state index contributed by atoms with van der Waals surface area (Å²) in [6, 6.07) is 14.2. The van der Waals surface area contributed by atoms with E-state index < -0.39 is 11.8 Å². The minimum absolute atomic E-state index is 0.433. The van der Waals surface area contributed by atoms with Crippen molar-refractivity contribution in [1.29, 1.82) is 0 Å². The second-order valence-corrected chi connectivity index (χ2v) is 4.89. The van der Waals surface area contributed by atoms with Crippen molar-refractivity contribution >= 4 is 28.8 Å². The molecule has 2 aromatic carbocycles. The van der Waals surface area contributed by atoms with E-state index in [1.807, 2.05) is 12.1 Å². The Balaban J connectivity index is 1.85. The average Bonchev–Trinajstić information content (AvgIpc) is 3.06. The summed E-state index contributed by atoms with van der Waals surface area (Å²) in [7, 11) is 0. The van der Waals surface area contributed by atoms with E-state index >= 15 is 0 Å². The number of nitrogens with zero attached hydrogens (tertiary/aromatic N) is 2. The van der Waals surface area contributed by atoms with E-state index in [1.165, 1.54) is 12.5 Å². The van der Waals surface area contributed by atoms with Gasteiger partial charge in [0.05, 0.1) is 23.6 Å². The van der Waals surface area contributed by atoms with Crippen LogP contribution in [0.1, 0.15) is 26.5 Å². The molecule has 0 saturated carbocycles. The maximum atomic E-state index is 12.5. The highest BCUT2D eigenvalue weighted by molar-refractivity contribution is 6.25. The largest absolute Gasteiger partial charge is 0.463 e. The molecule has 0 bridgehead atoms. The molecule has 5 nitrogen and oxygen atoms in total. The average molecular weight is 290 g/mol. The van der Waals surface area contributed by atoms with Crippen LogP contribution in [0.3, 0.4) is 0 Å². The van der Waals surface area contributed by atoms with Crippen molar-refractivity contribution < 1.29 is 14.0 Å². The maximum Gasteiger partial charge on any atom is 0.282 e. The monoisotopic (exact) mass is 290 g/mol. The van der Waals surface area contributed by atoms with Crippen molar-refractivity contribution in [2.75, 3.05) is 0 Å². The van der Waals surface area contributed by atoms with Crippen LogP contribution in [-0.4, -0.2) is 23.0 Å². The van der Waals surface area contributed by atoms with Gasteiger partial charge < -0.3 is 4.42 Å². The number of amides is 2. The Kier molecular flexibility index (Phi) is 2.66. The Morgan fingerprint density at radius 3 is 2.18 bits per heavy atom. The zero-order valence-corrected chi connectivity index (χ0v) is 11.4. The first-order chi connectivity index (χ1) is 10.8. The van der Waals surface area contributed by atoms with E-state index in [-0.39, 0.29) is 0 Å². The minimum Gasteiger partial charge on any atom is -0.463 e. The second-order valence-electron chi connectivity index (χ2n) is 4.89. The Hall–Kier alpha value is -3.21. The van der Waals surface area contributed by atoms with Crippen molar-refractivity contribution in [3.63, 3.8) is 0 Å². The third kappa shape index (κ3) is 1.76. The molecule has 0 aliphatic carbocycles. The molecule has 3 aromatic rings. The van der Waals surface area contributed by atoms with Crippen LogP contribution in [0.25, 0.3) is 10.8 Å². The summed E-state index contributed by atoms with van der Waals surface area (Å²) in [6.07, 6.45) is 2.85. The molecule has 4 rings (SSSR count). The molecule has 1 aliphatic rings. The number of imide groups is 1. The van der Waals surface area contributed by atoms with Crippen molar-refractivity contribution in [2.45, 2.75) is 0 Å². The molecule has 0 spiro atoms. The van der Waals surface area contributed by atoms with Crippen LogP contribution in [0.15, 0.2) is 64.3 Å². The predicted octanol–water partition coefficient (Wildman–Crippen LogP) is 3.06. The molecular formula is C17H10N2O3. The van der Waals surface area contributed by atoms with Crippen LogP contribution in [0.2, 0.25) is 0 Å². The number of hydrogen-bond donors (Lipinski definition) is 0. The number of hydrazone groups is 1. The molecule has 0 unspecified atom stereocenters. The van der Waals surface area contributed by atoms with E-state index in [0.29, 0.717) is 22.3 Å². The lowest BCUT2D eigenvalue weighted by molar-refractivity contribution is 0.0616. The minimum atomic E-state index is -0.433. The van der Waals surface area contributed by atoms with Gasteiger partial charge in [-0.15, -0.1) is 0 Å². The molecule has 0 atom stereocenters. The molecule has 106 valence electrons. The number of carbonyl (C=O) groups is 2. The Bertz CT molecular complexity index is 875. The fraction of sp³-hybridized carbons (Fsp3) is 0. The lowest BCUT2D eigenvalue weighted by atomic mass is 9.95. The number of hydrogen-bond acceptors (Lipinski definition) is 4. The van der Waals surface area contributed by atoms with Crippen molar-refractivity contribution in [2.24, 2.45) is 5.10 Å². The van der Waals surface area contributed by atoms with Crippen molar-refractivity contribution in [3.05, 3.63) is 71.7 Å².